The van der Waals surface area contributed by atoms with Gasteiger partial charge in [0.1, 0.15) is 6.10 Å². The summed E-state index contributed by atoms with van der Waals surface area (Å²) in [6.07, 6.45) is 2.21. The third-order valence-corrected chi connectivity index (χ3v) is 2.07. The first-order valence-corrected chi connectivity index (χ1v) is 4.59. The fraction of sp³-hybridized carbons (Fsp3) is 0.300. The number of halogens is 1. The van der Waals surface area contributed by atoms with Crippen LogP contribution in [0.4, 0.5) is 0 Å². The molecule has 0 aliphatic carbocycles. The molecule has 1 aromatic carbocycles. The summed E-state index contributed by atoms with van der Waals surface area (Å²) in [4.78, 5) is 4.24. The quantitative estimate of drug-likeness (QED) is 0.536. The molecule has 1 fully saturated rings. The Morgan fingerprint density at radius 2 is 2.15 bits per heavy atom. The SMILES string of the molecule is Clc1ccc(C=NCC2CO2)cc1. The van der Waals surface area contributed by atoms with E-state index in [-0.39, 0.29) is 0 Å². The van der Waals surface area contributed by atoms with E-state index >= 15 is 0 Å². The van der Waals surface area contributed by atoms with Crippen LogP contribution < -0.4 is 0 Å². The Morgan fingerprint density at radius 1 is 1.46 bits per heavy atom. The molecule has 0 saturated carbocycles. The van der Waals surface area contributed by atoms with Gasteiger partial charge >= 0.3 is 0 Å². The lowest BCUT2D eigenvalue weighted by molar-refractivity contribution is 0.413. The summed E-state index contributed by atoms with van der Waals surface area (Å²) >= 11 is 5.74. The van der Waals surface area contributed by atoms with Gasteiger partial charge in [0.15, 0.2) is 0 Å². The minimum atomic E-state index is 0.364. The fourth-order valence-electron chi connectivity index (χ4n) is 0.998. The van der Waals surface area contributed by atoms with Crippen molar-refractivity contribution in [2.45, 2.75) is 6.10 Å². The average molecular weight is 196 g/mol. The predicted molar refractivity (Wildman–Crippen MR) is 53.7 cm³/mol. The zero-order valence-electron chi connectivity index (χ0n) is 7.11. The van der Waals surface area contributed by atoms with E-state index in [4.69, 9.17) is 16.3 Å². The topological polar surface area (TPSA) is 24.9 Å². The van der Waals surface area contributed by atoms with Gasteiger partial charge in [-0.05, 0) is 17.7 Å². The van der Waals surface area contributed by atoms with Gasteiger partial charge in [-0.15, -0.1) is 0 Å². The van der Waals surface area contributed by atoms with E-state index in [0.29, 0.717) is 6.10 Å². The summed E-state index contributed by atoms with van der Waals surface area (Å²) < 4.78 is 5.03. The zero-order valence-corrected chi connectivity index (χ0v) is 7.87. The molecular formula is C10H10ClNO. The normalized spacial score (nSPS) is 20.8. The van der Waals surface area contributed by atoms with E-state index in [1.165, 1.54) is 0 Å². The summed E-state index contributed by atoms with van der Waals surface area (Å²) in [5.74, 6) is 0. The minimum absolute atomic E-state index is 0.364. The van der Waals surface area contributed by atoms with Gasteiger partial charge in [-0.1, -0.05) is 23.7 Å². The Hall–Kier alpha value is -0.860. The van der Waals surface area contributed by atoms with E-state index in [2.05, 4.69) is 4.99 Å². The molecule has 1 heterocycles. The van der Waals surface area contributed by atoms with Crippen molar-refractivity contribution in [3.05, 3.63) is 34.9 Å². The Labute approximate surface area is 82.2 Å². The maximum absolute atomic E-state index is 5.74. The molecule has 1 aromatic rings. The van der Waals surface area contributed by atoms with Crippen LogP contribution in [0.2, 0.25) is 5.02 Å². The number of rotatable bonds is 3. The highest BCUT2D eigenvalue weighted by atomic mass is 35.5. The molecule has 0 bridgehead atoms. The molecule has 1 saturated heterocycles. The Kier molecular flexibility index (Phi) is 2.62. The molecular weight excluding hydrogens is 186 g/mol. The smallest absolute Gasteiger partial charge is 0.100 e. The van der Waals surface area contributed by atoms with E-state index in [1.54, 1.807) is 0 Å². The van der Waals surface area contributed by atoms with E-state index in [9.17, 15) is 0 Å². The molecule has 1 aliphatic heterocycles. The van der Waals surface area contributed by atoms with Gasteiger partial charge in [0, 0.05) is 11.2 Å². The van der Waals surface area contributed by atoms with Gasteiger partial charge < -0.3 is 4.74 Å². The van der Waals surface area contributed by atoms with Gasteiger partial charge in [-0.3, -0.25) is 4.99 Å². The Balaban J connectivity index is 1.92. The molecule has 0 amide bonds. The molecule has 68 valence electrons. The van der Waals surface area contributed by atoms with Gasteiger partial charge in [-0.25, -0.2) is 0 Å². The van der Waals surface area contributed by atoms with Crippen LogP contribution in [0.25, 0.3) is 0 Å². The maximum Gasteiger partial charge on any atom is 0.100 e. The maximum atomic E-state index is 5.74. The minimum Gasteiger partial charge on any atom is -0.371 e. The largest absolute Gasteiger partial charge is 0.371 e. The molecule has 0 N–H and O–H groups in total. The highest BCUT2D eigenvalue weighted by molar-refractivity contribution is 6.30. The van der Waals surface area contributed by atoms with Crippen LogP contribution >= 0.6 is 11.6 Å². The van der Waals surface area contributed by atoms with Crippen molar-refractivity contribution in [1.82, 2.24) is 0 Å². The van der Waals surface area contributed by atoms with E-state index < -0.39 is 0 Å². The Bertz CT molecular complexity index is 303. The highest BCUT2D eigenvalue weighted by Crippen LogP contribution is 2.10. The first kappa shape index (κ1) is 8.73. The number of epoxide rings is 1. The van der Waals surface area contributed by atoms with Crippen molar-refractivity contribution in [3.63, 3.8) is 0 Å². The lowest BCUT2D eigenvalue weighted by Crippen LogP contribution is -1.91. The molecule has 0 aromatic heterocycles. The number of nitrogens with zero attached hydrogens (tertiary/aromatic N) is 1. The van der Waals surface area contributed by atoms with Crippen LogP contribution in [0, 0.1) is 0 Å². The number of hydrogen-bond donors (Lipinski definition) is 0. The average Bonchev–Trinajstić information content (AvgIpc) is 2.92. The summed E-state index contributed by atoms with van der Waals surface area (Å²) in [5.41, 5.74) is 1.07. The monoisotopic (exact) mass is 195 g/mol. The standard InChI is InChI=1S/C10H10ClNO/c11-9-3-1-8(2-4-9)5-12-6-10-7-13-10/h1-5,10H,6-7H2. The molecule has 0 radical (unpaired) electrons. The second-order valence-electron chi connectivity index (χ2n) is 3.00. The molecule has 3 heteroatoms. The van der Waals surface area contributed by atoms with E-state index in [1.807, 2.05) is 30.5 Å². The first-order chi connectivity index (χ1) is 6.34. The third-order valence-electron chi connectivity index (χ3n) is 1.82. The van der Waals surface area contributed by atoms with Crippen LogP contribution in [-0.2, 0) is 4.74 Å². The second kappa shape index (κ2) is 3.90. The van der Waals surface area contributed by atoms with Gasteiger partial charge in [0.2, 0.25) is 0 Å². The van der Waals surface area contributed by atoms with Crippen molar-refractivity contribution in [1.29, 1.82) is 0 Å². The fourth-order valence-corrected chi connectivity index (χ4v) is 1.12. The molecule has 13 heavy (non-hydrogen) atoms. The number of hydrogen-bond acceptors (Lipinski definition) is 2. The van der Waals surface area contributed by atoms with Crippen molar-refractivity contribution in [3.8, 4) is 0 Å². The Morgan fingerprint density at radius 3 is 2.77 bits per heavy atom. The van der Waals surface area contributed by atoms with E-state index in [0.717, 1.165) is 23.7 Å². The van der Waals surface area contributed by atoms with Gasteiger partial charge in [0.25, 0.3) is 0 Å². The lowest BCUT2D eigenvalue weighted by Gasteiger charge is -1.92. The molecule has 2 rings (SSSR count). The van der Waals surface area contributed by atoms with Crippen LogP contribution in [0.1, 0.15) is 5.56 Å². The van der Waals surface area contributed by atoms with Crippen molar-refractivity contribution >= 4 is 17.8 Å². The first-order valence-electron chi connectivity index (χ1n) is 4.21. The number of benzene rings is 1. The highest BCUT2D eigenvalue weighted by Gasteiger charge is 2.20. The summed E-state index contributed by atoms with van der Waals surface area (Å²) in [7, 11) is 0. The molecule has 2 nitrogen and oxygen atoms in total. The third kappa shape index (κ3) is 2.83. The predicted octanol–water partition coefficient (Wildman–Crippen LogP) is 2.16. The van der Waals surface area contributed by atoms with Crippen molar-refractivity contribution in [2.75, 3.05) is 13.2 Å². The van der Waals surface area contributed by atoms with Crippen molar-refractivity contribution in [2.24, 2.45) is 4.99 Å². The zero-order chi connectivity index (χ0) is 9.10. The molecule has 1 unspecified atom stereocenters. The van der Waals surface area contributed by atoms with Crippen LogP contribution in [0.3, 0.4) is 0 Å². The van der Waals surface area contributed by atoms with Gasteiger partial charge in [-0.2, -0.15) is 0 Å². The summed E-state index contributed by atoms with van der Waals surface area (Å²) in [5, 5.41) is 0.752. The number of aliphatic imine (C=N–C) groups is 1. The van der Waals surface area contributed by atoms with Crippen LogP contribution in [0.15, 0.2) is 29.3 Å². The summed E-state index contributed by atoms with van der Waals surface area (Å²) in [6.45, 7) is 1.63. The van der Waals surface area contributed by atoms with Crippen LogP contribution in [0.5, 0.6) is 0 Å². The lowest BCUT2D eigenvalue weighted by atomic mass is 10.2. The molecule has 1 atom stereocenters. The number of ether oxygens (including phenoxy) is 1. The summed E-state index contributed by atoms with van der Waals surface area (Å²) in [6, 6.07) is 7.60. The van der Waals surface area contributed by atoms with Crippen LogP contribution in [-0.4, -0.2) is 25.5 Å². The second-order valence-corrected chi connectivity index (χ2v) is 3.44. The molecule has 0 spiro atoms. The van der Waals surface area contributed by atoms with Crippen molar-refractivity contribution < 1.29 is 4.74 Å². The molecule has 1 aliphatic rings. The van der Waals surface area contributed by atoms with Gasteiger partial charge in [0.05, 0.1) is 13.2 Å².